The maximum atomic E-state index is 11.2. The highest BCUT2D eigenvalue weighted by Gasteiger charge is 2.08. The van der Waals surface area contributed by atoms with Crippen LogP contribution in [0.1, 0.15) is 17.3 Å². The minimum atomic E-state index is 0.0419. The molecular formula is C12H16ClNOS. The molecule has 0 aliphatic rings. The van der Waals surface area contributed by atoms with Gasteiger partial charge in [0.2, 0.25) is 0 Å². The number of halogens is 1. The Bertz CT molecular complexity index is 381. The molecule has 1 rings (SSSR count). The van der Waals surface area contributed by atoms with E-state index in [4.69, 9.17) is 11.6 Å². The Morgan fingerprint density at radius 3 is 2.69 bits per heavy atom. The minimum absolute atomic E-state index is 0.0419. The van der Waals surface area contributed by atoms with Crippen LogP contribution in [0.15, 0.2) is 18.2 Å². The van der Waals surface area contributed by atoms with Crippen LogP contribution >= 0.6 is 23.4 Å². The van der Waals surface area contributed by atoms with Crippen molar-refractivity contribution in [3.05, 3.63) is 28.8 Å². The van der Waals surface area contributed by atoms with Gasteiger partial charge in [-0.25, -0.2) is 0 Å². The second-order valence-corrected chi connectivity index (χ2v) is 5.03. The van der Waals surface area contributed by atoms with Crippen molar-refractivity contribution in [3.63, 3.8) is 0 Å². The SMILES string of the molecule is CSCCN(C)c1ccc(C(C)=O)cc1Cl. The van der Waals surface area contributed by atoms with Crippen LogP contribution in [0, 0.1) is 0 Å². The van der Waals surface area contributed by atoms with Crippen LogP contribution in [0.5, 0.6) is 0 Å². The number of carbonyl (C=O) groups excluding carboxylic acids is 1. The Morgan fingerprint density at radius 2 is 2.19 bits per heavy atom. The number of hydrogen-bond acceptors (Lipinski definition) is 3. The molecule has 2 nitrogen and oxygen atoms in total. The van der Waals surface area contributed by atoms with E-state index in [0.29, 0.717) is 10.6 Å². The molecule has 0 amide bonds. The standard InChI is InChI=1S/C12H16ClNOS/c1-9(15)10-4-5-12(11(13)8-10)14(2)6-7-16-3/h4-5,8H,6-7H2,1-3H3. The van der Waals surface area contributed by atoms with Gasteiger partial charge in [-0.1, -0.05) is 11.6 Å². The maximum absolute atomic E-state index is 11.2. The average Bonchev–Trinajstić information content (AvgIpc) is 2.25. The van der Waals surface area contributed by atoms with Crippen molar-refractivity contribution in [3.8, 4) is 0 Å². The average molecular weight is 258 g/mol. The molecule has 0 unspecified atom stereocenters. The number of thioether (sulfide) groups is 1. The normalized spacial score (nSPS) is 10.2. The largest absolute Gasteiger partial charge is 0.373 e. The smallest absolute Gasteiger partial charge is 0.159 e. The van der Waals surface area contributed by atoms with E-state index in [1.54, 1.807) is 24.8 Å². The first-order chi connectivity index (χ1) is 7.56. The summed E-state index contributed by atoms with van der Waals surface area (Å²) in [5.74, 6) is 1.10. The zero-order valence-corrected chi connectivity index (χ0v) is 11.4. The molecule has 4 heteroatoms. The van der Waals surface area contributed by atoms with Gasteiger partial charge in [-0.3, -0.25) is 4.79 Å². The third kappa shape index (κ3) is 3.42. The lowest BCUT2D eigenvalue weighted by Gasteiger charge is -2.20. The van der Waals surface area contributed by atoms with E-state index < -0.39 is 0 Å². The summed E-state index contributed by atoms with van der Waals surface area (Å²) in [6.07, 6.45) is 2.08. The first-order valence-electron chi connectivity index (χ1n) is 5.07. The molecule has 0 aliphatic heterocycles. The highest BCUT2D eigenvalue weighted by atomic mass is 35.5. The first-order valence-corrected chi connectivity index (χ1v) is 6.84. The Labute approximate surface area is 106 Å². The quantitative estimate of drug-likeness (QED) is 0.755. The summed E-state index contributed by atoms with van der Waals surface area (Å²) in [7, 11) is 2.00. The second-order valence-electron chi connectivity index (χ2n) is 3.64. The second kappa shape index (κ2) is 6.16. The fourth-order valence-electron chi connectivity index (χ4n) is 1.38. The summed E-state index contributed by atoms with van der Waals surface area (Å²) in [6.45, 7) is 2.49. The molecule has 0 atom stereocenters. The van der Waals surface area contributed by atoms with Crippen LogP contribution in [-0.2, 0) is 0 Å². The summed E-state index contributed by atoms with van der Waals surface area (Å²) in [4.78, 5) is 13.3. The lowest BCUT2D eigenvalue weighted by molar-refractivity contribution is 0.101. The van der Waals surface area contributed by atoms with Crippen molar-refractivity contribution in [2.24, 2.45) is 0 Å². The van der Waals surface area contributed by atoms with Gasteiger partial charge in [0, 0.05) is 24.9 Å². The van der Waals surface area contributed by atoms with E-state index in [1.165, 1.54) is 0 Å². The molecule has 0 heterocycles. The fraction of sp³-hybridized carbons (Fsp3) is 0.417. The van der Waals surface area contributed by atoms with Gasteiger partial charge in [0.15, 0.2) is 5.78 Å². The first kappa shape index (κ1) is 13.4. The van der Waals surface area contributed by atoms with E-state index >= 15 is 0 Å². The molecule has 0 radical (unpaired) electrons. The molecule has 0 spiro atoms. The number of nitrogens with zero attached hydrogens (tertiary/aromatic N) is 1. The molecule has 1 aromatic rings. The Hall–Kier alpha value is -0.670. The number of Topliss-reactive ketones (excluding diaryl/α,β-unsaturated/α-hetero) is 1. The van der Waals surface area contributed by atoms with Crippen molar-refractivity contribution in [1.29, 1.82) is 0 Å². The number of ketones is 1. The van der Waals surface area contributed by atoms with Crippen LogP contribution in [-0.4, -0.2) is 31.4 Å². The number of benzene rings is 1. The number of hydrogen-bond donors (Lipinski definition) is 0. The summed E-state index contributed by atoms with van der Waals surface area (Å²) in [5.41, 5.74) is 1.63. The zero-order valence-electron chi connectivity index (χ0n) is 9.79. The van der Waals surface area contributed by atoms with Crippen molar-refractivity contribution in [2.75, 3.05) is 30.5 Å². The topological polar surface area (TPSA) is 20.3 Å². The van der Waals surface area contributed by atoms with Gasteiger partial charge in [-0.15, -0.1) is 0 Å². The molecule has 0 saturated heterocycles. The molecule has 0 saturated carbocycles. The Balaban J connectivity index is 2.85. The summed E-state index contributed by atoms with van der Waals surface area (Å²) in [6, 6.07) is 5.45. The van der Waals surface area contributed by atoms with Gasteiger partial charge < -0.3 is 4.90 Å². The molecule has 0 fully saturated rings. The molecule has 1 aromatic carbocycles. The molecule has 0 aromatic heterocycles. The highest BCUT2D eigenvalue weighted by Crippen LogP contribution is 2.26. The molecule has 0 bridgehead atoms. The van der Waals surface area contributed by atoms with Crippen LogP contribution in [0.2, 0.25) is 5.02 Å². The Kier molecular flexibility index (Phi) is 5.16. The van der Waals surface area contributed by atoms with Gasteiger partial charge in [0.05, 0.1) is 10.7 Å². The fourth-order valence-corrected chi connectivity index (χ4v) is 2.17. The lowest BCUT2D eigenvalue weighted by Crippen LogP contribution is -2.20. The van der Waals surface area contributed by atoms with Gasteiger partial charge in [-0.2, -0.15) is 11.8 Å². The van der Waals surface area contributed by atoms with E-state index in [0.717, 1.165) is 18.0 Å². The predicted octanol–water partition coefficient (Wildman–Crippen LogP) is 3.34. The van der Waals surface area contributed by atoms with Crippen molar-refractivity contribution >= 4 is 34.8 Å². The molecular weight excluding hydrogens is 242 g/mol. The molecule has 0 N–H and O–H groups in total. The van der Waals surface area contributed by atoms with E-state index in [-0.39, 0.29) is 5.78 Å². The van der Waals surface area contributed by atoms with E-state index in [9.17, 15) is 4.79 Å². The third-order valence-corrected chi connectivity index (χ3v) is 3.29. The molecule has 16 heavy (non-hydrogen) atoms. The minimum Gasteiger partial charge on any atom is -0.373 e. The summed E-state index contributed by atoms with van der Waals surface area (Å²) < 4.78 is 0. The van der Waals surface area contributed by atoms with Crippen LogP contribution < -0.4 is 4.90 Å². The number of anilines is 1. The van der Waals surface area contributed by atoms with Gasteiger partial charge in [0.25, 0.3) is 0 Å². The van der Waals surface area contributed by atoms with Gasteiger partial charge >= 0.3 is 0 Å². The number of rotatable bonds is 5. The van der Waals surface area contributed by atoms with Gasteiger partial charge in [0.1, 0.15) is 0 Å². The zero-order chi connectivity index (χ0) is 12.1. The maximum Gasteiger partial charge on any atom is 0.159 e. The lowest BCUT2D eigenvalue weighted by atomic mass is 10.1. The van der Waals surface area contributed by atoms with Crippen molar-refractivity contribution in [2.45, 2.75) is 6.92 Å². The van der Waals surface area contributed by atoms with Crippen LogP contribution in [0.3, 0.4) is 0 Å². The third-order valence-electron chi connectivity index (χ3n) is 2.40. The predicted molar refractivity (Wildman–Crippen MR) is 73.1 cm³/mol. The molecule has 0 aliphatic carbocycles. The monoisotopic (exact) mass is 257 g/mol. The van der Waals surface area contributed by atoms with E-state index in [1.807, 2.05) is 19.2 Å². The molecule has 88 valence electrons. The summed E-state index contributed by atoms with van der Waals surface area (Å²) >= 11 is 7.95. The Morgan fingerprint density at radius 1 is 1.50 bits per heavy atom. The van der Waals surface area contributed by atoms with Crippen molar-refractivity contribution in [1.82, 2.24) is 0 Å². The van der Waals surface area contributed by atoms with Crippen molar-refractivity contribution < 1.29 is 4.79 Å². The highest BCUT2D eigenvalue weighted by molar-refractivity contribution is 7.98. The van der Waals surface area contributed by atoms with E-state index in [2.05, 4.69) is 11.2 Å². The number of carbonyl (C=O) groups is 1. The van der Waals surface area contributed by atoms with Crippen LogP contribution in [0.4, 0.5) is 5.69 Å². The van der Waals surface area contributed by atoms with Crippen LogP contribution in [0.25, 0.3) is 0 Å². The summed E-state index contributed by atoms with van der Waals surface area (Å²) in [5, 5.41) is 0.635. The van der Waals surface area contributed by atoms with Gasteiger partial charge in [-0.05, 0) is 31.4 Å².